The summed E-state index contributed by atoms with van der Waals surface area (Å²) < 4.78 is 0. The molecule has 1 aliphatic heterocycles. The second kappa shape index (κ2) is 5.04. The standard InChI is InChI=1S/C17H20N4/c1-12-10-19-20-17(12)16-3-2-8-21(16)11-13-4-5-15-14(9-13)6-7-18-15/h4-7,9-10,16,18H,2-3,8,11H2,1H3,(H,19,20). The quantitative estimate of drug-likeness (QED) is 0.771. The molecule has 21 heavy (non-hydrogen) atoms. The first-order chi connectivity index (χ1) is 10.3. The number of likely N-dealkylation sites (tertiary alicyclic amines) is 1. The van der Waals surface area contributed by atoms with E-state index in [2.05, 4.69) is 51.3 Å². The maximum absolute atomic E-state index is 4.19. The molecule has 1 atom stereocenters. The van der Waals surface area contributed by atoms with E-state index in [9.17, 15) is 0 Å². The highest BCUT2D eigenvalue weighted by Crippen LogP contribution is 2.33. The van der Waals surface area contributed by atoms with Crippen LogP contribution in [0.5, 0.6) is 0 Å². The second-order valence-corrected chi connectivity index (χ2v) is 5.99. The summed E-state index contributed by atoms with van der Waals surface area (Å²) in [5, 5.41) is 8.67. The predicted octanol–water partition coefficient (Wildman–Crippen LogP) is 3.54. The molecule has 1 fully saturated rings. The van der Waals surface area contributed by atoms with Crippen molar-refractivity contribution in [3.8, 4) is 0 Å². The fraction of sp³-hybridized carbons (Fsp3) is 0.353. The fourth-order valence-electron chi connectivity index (χ4n) is 3.47. The lowest BCUT2D eigenvalue weighted by Crippen LogP contribution is -2.23. The Morgan fingerprint density at radius 1 is 1.33 bits per heavy atom. The van der Waals surface area contributed by atoms with Crippen LogP contribution >= 0.6 is 0 Å². The number of rotatable bonds is 3. The molecular weight excluding hydrogens is 260 g/mol. The number of aromatic nitrogens is 3. The molecule has 3 aromatic rings. The zero-order valence-corrected chi connectivity index (χ0v) is 12.3. The lowest BCUT2D eigenvalue weighted by molar-refractivity contribution is 0.244. The van der Waals surface area contributed by atoms with Crippen molar-refractivity contribution >= 4 is 10.9 Å². The first kappa shape index (κ1) is 12.7. The molecule has 4 rings (SSSR count). The molecule has 2 N–H and O–H groups in total. The van der Waals surface area contributed by atoms with Crippen molar-refractivity contribution in [1.29, 1.82) is 0 Å². The second-order valence-electron chi connectivity index (χ2n) is 5.99. The van der Waals surface area contributed by atoms with Crippen LogP contribution in [0.2, 0.25) is 0 Å². The Kier molecular flexibility index (Phi) is 3.04. The molecule has 4 nitrogen and oxygen atoms in total. The lowest BCUT2D eigenvalue weighted by Gasteiger charge is -2.24. The van der Waals surface area contributed by atoms with Gasteiger partial charge in [0.05, 0.1) is 17.9 Å². The highest BCUT2D eigenvalue weighted by Gasteiger charge is 2.28. The van der Waals surface area contributed by atoms with Gasteiger partial charge in [-0.05, 0) is 61.0 Å². The van der Waals surface area contributed by atoms with Crippen LogP contribution in [0.25, 0.3) is 10.9 Å². The number of H-pyrrole nitrogens is 2. The summed E-state index contributed by atoms with van der Waals surface area (Å²) in [6.07, 6.45) is 6.41. The molecule has 1 unspecified atom stereocenters. The van der Waals surface area contributed by atoms with Crippen LogP contribution in [-0.2, 0) is 6.54 Å². The molecule has 4 heteroatoms. The fourth-order valence-corrected chi connectivity index (χ4v) is 3.47. The van der Waals surface area contributed by atoms with E-state index in [1.165, 1.54) is 40.6 Å². The molecule has 1 saturated heterocycles. The van der Waals surface area contributed by atoms with E-state index in [1.807, 2.05) is 12.4 Å². The van der Waals surface area contributed by atoms with Crippen LogP contribution < -0.4 is 0 Å². The summed E-state index contributed by atoms with van der Waals surface area (Å²) in [7, 11) is 0. The Labute approximate surface area is 124 Å². The molecule has 2 aromatic heterocycles. The van der Waals surface area contributed by atoms with Gasteiger partial charge in [-0.2, -0.15) is 5.10 Å². The van der Waals surface area contributed by atoms with E-state index >= 15 is 0 Å². The Hall–Kier alpha value is -2.07. The van der Waals surface area contributed by atoms with E-state index < -0.39 is 0 Å². The smallest absolute Gasteiger partial charge is 0.0553 e. The van der Waals surface area contributed by atoms with Crippen LogP contribution in [0.15, 0.2) is 36.7 Å². The number of aromatic amines is 2. The van der Waals surface area contributed by atoms with Crippen molar-refractivity contribution in [2.45, 2.75) is 32.4 Å². The average molecular weight is 280 g/mol. The van der Waals surface area contributed by atoms with Crippen molar-refractivity contribution in [3.05, 3.63) is 53.5 Å². The van der Waals surface area contributed by atoms with Gasteiger partial charge in [0.15, 0.2) is 0 Å². The predicted molar refractivity (Wildman–Crippen MR) is 84.0 cm³/mol. The molecule has 0 spiro atoms. The van der Waals surface area contributed by atoms with Gasteiger partial charge in [-0.25, -0.2) is 0 Å². The van der Waals surface area contributed by atoms with Crippen LogP contribution in [0.4, 0.5) is 0 Å². The third-order valence-electron chi connectivity index (χ3n) is 4.57. The topological polar surface area (TPSA) is 47.7 Å². The molecule has 0 aliphatic carbocycles. The van der Waals surface area contributed by atoms with Crippen molar-refractivity contribution in [3.63, 3.8) is 0 Å². The number of hydrogen-bond acceptors (Lipinski definition) is 2. The van der Waals surface area contributed by atoms with E-state index in [-0.39, 0.29) is 0 Å². The molecule has 0 saturated carbocycles. The van der Waals surface area contributed by atoms with Crippen LogP contribution in [-0.4, -0.2) is 26.6 Å². The number of nitrogens with one attached hydrogen (secondary N) is 2. The first-order valence-electron chi connectivity index (χ1n) is 7.61. The van der Waals surface area contributed by atoms with Gasteiger partial charge in [0.1, 0.15) is 0 Å². The third kappa shape index (κ3) is 2.25. The summed E-state index contributed by atoms with van der Waals surface area (Å²) in [6, 6.07) is 9.32. The molecule has 1 aliphatic rings. The van der Waals surface area contributed by atoms with E-state index in [4.69, 9.17) is 0 Å². The van der Waals surface area contributed by atoms with Crippen molar-refractivity contribution in [2.24, 2.45) is 0 Å². The minimum atomic E-state index is 0.481. The van der Waals surface area contributed by atoms with Crippen molar-refractivity contribution in [2.75, 3.05) is 6.54 Å². The van der Waals surface area contributed by atoms with Gasteiger partial charge in [0.25, 0.3) is 0 Å². The number of hydrogen-bond donors (Lipinski definition) is 2. The molecule has 3 heterocycles. The number of aryl methyl sites for hydroxylation is 1. The number of nitrogens with zero attached hydrogens (tertiary/aromatic N) is 2. The van der Waals surface area contributed by atoms with Crippen molar-refractivity contribution in [1.82, 2.24) is 20.1 Å². The number of benzene rings is 1. The minimum Gasteiger partial charge on any atom is -0.361 e. The van der Waals surface area contributed by atoms with Crippen molar-refractivity contribution < 1.29 is 0 Å². The van der Waals surface area contributed by atoms with Gasteiger partial charge in [0, 0.05) is 18.3 Å². The molecule has 0 radical (unpaired) electrons. The summed E-state index contributed by atoms with van der Waals surface area (Å²) in [6.45, 7) is 4.31. The monoisotopic (exact) mass is 280 g/mol. The highest BCUT2D eigenvalue weighted by atomic mass is 15.2. The summed E-state index contributed by atoms with van der Waals surface area (Å²) >= 11 is 0. The Morgan fingerprint density at radius 3 is 3.14 bits per heavy atom. The van der Waals surface area contributed by atoms with E-state index in [0.29, 0.717) is 6.04 Å². The van der Waals surface area contributed by atoms with E-state index in [1.54, 1.807) is 0 Å². The molecule has 0 amide bonds. The van der Waals surface area contributed by atoms with Gasteiger partial charge in [-0.3, -0.25) is 10.00 Å². The Balaban J connectivity index is 1.59. The average Bonchev–Trinajstić information content (AvgIpc) is 3.18. The lowest BCUT2D eigenvalue weighted by atomic mass is 10.1. The van der Waals surface area contributed by atoms with Crippen LogP contribution in [0, 0.1) is 6.92 Å². The Bertz CT molecular complexity index is 755. The van der Waals surface area contributed by atoms with Gasteiger partial charge in [-0.15, -0.1) is 0 Å². The third-order valence-corrected chi connectivity index (χ3v) is 4.57. The van der Waals surface area contributed by atoms with E-state index in [0.717, 1.165) is 13.1 Å². The largest absolute Gasteiger partial charge is 0.361 e. The minimum absolute atomic E-state index is 0.481. The molecule has 108 valence electrons. The summed E-state index contributed by atoms with van der Waals surface area (Å²) in [4.78, 5) is 5.82. The molecular formula is C17H20N4. The molecule has 0 bridgehead atoms. The maximum Gasteiger partial charge on any atom is 0.0553 e. The zero-order chi connectivity index (χ0) is 14.2. The highest BCUT2D eigenvalue weighted by molar-refractivity contribution is 5.79. The normalized spacial score (nSPS) is 19.6. The SMILES string of the molecule is Cc1cn[nH]c1C1CCCN1Cc1ccc2[nH]ccc2c1. The van der Waals surface area contributed by atoms with Gasteiger partial charge in [0.2, 0.25) is 0 Å². The van der Waals surface area contributed by atoms with Crippen LogP contribution in [0.1, 0.15) is 35.7 Å². The van der Waals surface area contributed by atoms with Gasteiger partial charge in [-0.1, -0.05) is 6.07 Å². The zero-order valence-electron chi connectivity index (χ0n) is 12.3. The maximum atomic E-state index is 4.19. The van der Waals surface area contributed by atoms with Crippen LogP contribution in [0.3, 0.4) is 0 Å². The van der Waals surface area contributed by atoms with Gasteiger partial charge >= 0.3 is 0 Å². The summed E-state index contributed by atoms with van der Waals surface area (Å²) in [5.41, 5.74) is 5.15. The first-order valence-corrected chi connectivity index (χ1v) is 7.61. The summed E-state index contributed by atoms with van der Waals surface area (Å²) in [5.74, 6) is 0. The Morgan fingerprint density at radius 2 is 2.29 bits per heavy atom. The van der Waals surface area contributed by atoms with Gasteiger partial charge < -0.3 is 4.98 Å². The molecule has 1 aromatic carbocycles. The number of fused-ring (bicyclic) bond motifs is 1.